The number of hydrogen-bond donors (Lipinski definition) is 1. The van der Waals surface area contributed by atoms with Gasteiger partial charge in [0, 0.05) is 11.3 Å². The Bertz CT molecular complexity index is 767. The molecule has 0 fully saturated rings. The summed E-state index contributed by atoms with van der Waals surface area (Å²) >= 11 is 1.65. The molecule has 2 heterocycles. The van der Waals surface area contributed by atoms with Crippen molar-refractivity contribution in [1.82, 2.24) is 5.32 Å². The van der Waals surface area contributed by atoms with Gasteiger partial charge in [-0.1, -0.05) is 24.3 Å². The van der Waals surface area contributed by atoms with Gasteiger partial charge in [0.05, 0.1) is 24.5 Å². The lowest BCUT2D eigenvalue weighted by Gasteiger charge is -2.18. The molecule has 1 amide bonds. The van der Waals surface area contributed by atoms with E-state index in [1.807, 2.05) is 37.3 Å². The molecule has 2 aliphatic rings. The SMILES string of the molecule is CC(NC(=O)C1Cc2ccccc2S1)c1ccc2c(c1)OCCCO2. The molecule has 0 radical (unpaired) electrons. The van der Waals surface area contributed by atoms with Gasteiger partial charge in [0.15, 0.2) is 11.5 Å². The number of benzene rings is 2. The average molecular weight is 355 g/mol. The van der Waals surface area contributed by atoms with Gasteiger partial charge in [0.25, 0.3) is 0 Å². The number of nitrogens with one attached hydrogen (secondary N) is 1. The van der Waals surface area contributed by atoms with E-state index in [-0.39, 0.29) is 17.2 Å². The predicted octanol–water partition coefficient (Wildman–Crippen LogP) is 3.74. The van der Waals surface area contributed by atoms with Crippen LogP contribution in [0.4, 0.5) is 0 Å². The van der Waals surface area contributed by atoms with Crippen LogP contribution in [0.2, 0.25) is 0 Å². The third-order valence-electron chi connectivity index (χ3n) is 4.57. The molecular formula is C20H21NO3S. The summed E-state index contributed by atoms with van der Waals surface area (Å²) in [6.45, 7) is 3.34. The van der Waals surface area contributed by atoms with Crippen LogP contribution in [0.15, 0.2) is 47.4 Å². The fraction of sp³-hybridized carbons (Fsp3) is 0.350. The van der Waals surface area contributed by atoms with E-state index in [2.05, 4.69) is 17.4 Å². The summed E-state index contributed by atoms with van der Waals surface area (Å²) in [5.41, 5.74) is 2.29. The highest BCUT2D eigenvalue weighted by atomic mass is 32.2. The van der Waals surface area contributed by atoms with E-state index >= 15 is 0 Å². The van der Waals surface area contributed by atoms with Crippen molar-refractivity contribution in [3.8, 4) is 11.5 Å². The zero-order valence-corrected chi connectivity index (χ0v) is 15.0. The van der Waals surface area contributed by atoms with Crippen LogP contribution in [0.3, 0.4) is 0 Å². The average Bonchev–Trinajstić information content (AvgIpc) is 2.92. The number of amides is 1. The van der Waals surface area contributed by atoms with Crippen LogP contribution in [0, 0.1) is 0 Å². The molecular weight excluding hydrogens is 334 g/mol. The summed E-state index contributed by atoms with van der Waals surface area (Å²) in [5.74, 6) is 1.63. The Kier molecular flexibility index (Phi) is 4.57. The summed E-state index contributed by atoms with van der Waals surface area (Å²) < 4.78 is 11.4. The number of rotatable bonds is 3. The van der Waals surface area contributed by atoms with Gasteiger partial charge in [-0.05, 0) is 42.7 Å². The van der Waals surface area contributed by atoms with E-state index in [0.717, 1.165) is 29.9 Å². The molecule has 4 rings (SSSR count). The lowest BCUT2D eigenvalue weighted by atomic mass is 10.1. The molecule has 0 bridgehead atoms. The first-order chi connectivity index (χ1) is 12.2. The number of thioether (sulfide) groups is 1. The molecule has 0 saturated carbocycles. The van der Waals surface area contributed by atoms with Gasteiger partial charge < -0.3 is 14.8 Å². The van der Waals surface area contributed by atoms with Gasteiger partial charge in [0.2, 0.25) is 5.91 Å². The van der Waals surface area contributed by atoms with Crippen molar-refractivity contribution < 1.29 is 14.3 Å². The highest BCUT2D eigenvalue weighted by molar-refractivity contribution is 8.01. The van der Waals surface area contributed by atoms with Gasteiger partial charge >= 0.3 is 0 Å². The fourth-order valence-electron chi connectivity index (χ4n) is 3.17. The summed E-state index contributed by atoms with van der Waals surface area (Å²) in [4.78, 5) is 13.9. The van der Waals surface area contributed by atoms with E-state index in [0.29, 0.717) is 13.2 Å². The summed E-state index contributed by atoms with van der Waals surface area (Å²) in [6.07, 6.45) is 1.68. The van der Waals surface area contributed by atoms with Crippen molar-refractivity contribution in [3.63, 3.8) is 0 Å². The molecule has 2 aliphatic heterocycles. The zero-order chi connectivity index (χ0) is 17.2. The van der Waals surface area contributed by atoms with Crippen LogP contribution in [0.1, 0.15) is 30.5 Å². The highest BCUT2D eigenvalue weighted by Gasteiger charge is 2.29. The van der Waals surface area contributed by atoms with Gasteiger partial charge in [-0.3, -0.25) is 4.79 Å². The van der Waals surface area contributed by atoms with Gasteiger partial charge in [-0.25, -0.2) is 0 Å². The summed E-state index contributed by atoms with van der Waals surface area (Å²) in [7, 11) is 0. The quantitative estimate of drug-likeness (QED) is 0.911. The summed E-state index contributed by atoms with van der Waals surface area (Å²) in [5, 5.41) is 3.08. The van der Waals surface area contributed by atoms with Crippen molar-refractivity contribution in [2.45, 2.75) is 36.0 Å². The van der Waals surface area contributed by atoms with Crippen LogP contribution in [-0.4, -0.2) is 24.4 Å². The third-order valence-corrected chi connectivity index (χ3v) is 5.89. The minimum Gasteiger partial charge on any atom is -0.490 e. The van der Waals surface area contributed by atoms with Gasteiger partial charge in [-0.15, -0.1) is 11.8 Å². The number of carbonyl (C=O) groups excluding carboxylic acids is 1. The number of carbonyl (C=O) groups is 1. The molecule has 2 unspecified atom stereocenters. The molecule has 1 N–H and O–H groups in total. The van der Waals surface area contributed by atoms with Crippen molar-refractivity contribution in [3.05, 3.63) is 53.6 Å². The molecule has 2 atom stereocenters. The monoisotopic (exact) mass is 355 g/mol. The van der Waals surface area contributed by atoms with Crippen molar-refractivity contribution in [2.75, 3.05) is 13.2 Å². The number of hydrogen-bond acceptors (Lipinski definition) is 4. The molecule has 2 aromatic carbocycles. The Morgan fingerprint density at radius 2 is 1.96 bits per heavy atom. The smallest absolute Gasteiger partial charge is 0.234 e. The molecule has 2 aromatic rings. The van der Waals surface area contributed by atoms with Crippen LogP contribution >= 0.6 is 11.8 Å². The lowest BCUT2D eigenvalue weighted by molar-refractivity contribution is -0.121. The molecule has 130 valence electrons. The van der Waals surface area contributed by atoms with E-state index in [4.69, 9.17) is 9.47 Å². The molecule has 0 aromatic heterocycles. The second kappa shape index (κ2) is 7.00. The van der Waals surface area contributed by atoms with Crippen LogP contribution in [-0.2, 0) is 11.2 Å². The van der Waals surface area contributed by atoms with E-state index in [1.165, 1.54) is 10.5 Å². The Morgan fingerprint density at radius 3 is 2.80 bits per heavy atom. The maximum Gasteiger partial charge on any atom is 0.234 e. The third kappa shape index (κ3) is 3.47. The fourth-order valence-corrected chi connectivity index (χ4v) is 4.37. The molecule has 0 spiro atoms. The first-order valence-corrected chi connectivity index (χ1v) is 9.53. The van der Waals surface area contributed by atoms with Crippen LogP contribution < -0.4 is 14.8 Å². The van der Waals surface area contributed by atoms with Crippen molar-refractivity contribution >= 4 is 17.7 Å². The number of ether oxygens (including phenoxy) is 2. The van der Waals surface area contributed by atoms with E-state index < -0.39 is 0 Å². The molecule has 25 heavy (non-hydrogen) atoms. The van der Waals surface area contributed by atoms with Crippen LogP contribution in [0.25, 0.3) is 0 Å². The molecule has 0 aliphatic carbocycles. The minimum atomic E-state index is -0.0750. The van der Waals surface area contributed by atoms with Crippen LogP contribution in [0.5, 0.6) is 11.5 Å². The molecule has 0 saturated heterocycles. The van der Waals surface area contributed by atoms with Gasteiger partial charge in [-0.2, -0.15) is 0 Å². The standard InChI is InChI=1S/C20H21NO3S/c1-13(14-7-8-16-17(11-14)24-10-4-9-23-16)21-20(22)19-12-15-5-2-3-6-18(15)25-19/h2-3,5-8,11,13,19H,4,9-10,12H2,1H3,(H,21,22). The second-order valence-electron chi connectivity index (χ2n) is 6.41. The normalized spacial score (nSPS) is 19.6. The van der Waals surface area contributed by atoms with Gasteiger partial charge in [0.1, 0.15) is 0 Å². The van der Waals surface area contributed by atoms with Crippen molar-refractivity contribution in [1.29, 1.82) is 0 Å². The first kappa shape index (κ1) is 16.3. The molecule has 5 heteroatoms. The second-order valence-corrected chi connectivity index (χ2v) is 7.65. The lowest BCUT2D eigenvalue weighted by Crippen LogP contribution is -2.34. The Hall–Kier alpha value is -2.14. The largest absolute Gasteiger partial charge is 0.490 e. The highest BCUT2D eigenvalue weighted by Crippen LogP contribution is 2.37. The maximum atomic E-state index is 12.7. The first-order valence-electron chi connectivity index (χ1n) is 8.65. The zero-order valence-electron chi connectivity index (χ0n) is 14.2. The molecule has 4 nitrogen and oxygen atoms in total. The summed E-state index contributed by atoms with van der Waals surface area (Å²) in [6, 6.07) is 14.1. The Labute approximate surface area is 151 Å². The van der Waals surface area contributed by atoms with E-state index in [1.54, 1.807) is 11.8 Å². The predicted molar refractivity (Wildman–Crippen MR) is 98.4 cm³/mol. The number of fused-ring (bicyclic) bond motifs is 2. The minimum absolute atomic E-state index is 0.0553. The Balaban J connectivity index is 1.43. The topological polar surface area (TPSA) is 47.6 Å². The maximum absolute atomic E-state index is 12.7. The Morgan fingerprint density at radius 1 is 1.16 bits per heavy atom. The van der Waals surface area contributed by atoms with E-state index in [9.17, 15) is 4.79 Å². The van der Waals surface area contributed by atoms with Crippen molar-refractivity contribution in [2.24, 2.45) is 0 Å².